The molecule has 1 aliphatic heterocycles. The van der Waals surface area contributed by atoms with Gasteiger partial charge in [-0.1, -0.05) is 18.2 Å². The summed E-state index contributed by atoms with van der Waals surface area (Å²) in [5.41, 5.74) is 1.12. The number of carbonyl (C=O) groups excluding carboxylic acids is 1. The Bertz CT molecular complexity index is 485. The lowest BCUT2D eigenvalue weighted by Crippen LogP contribution is -2.38. The van der Waals surface area contributed by atoms with Crippen LogP contribution in [0.3, 0.4) is 0 Å². The van der Waals surface area contributed by atoms with Crippen LogP contribution in [-0.4, -0.2) is 32.3 Å². The Morgan fingerprint density at radius 1 is 1.33 bits per heavy atom. The summed E-state index contributed by atoms with van der Waals surface area (Å²) in [6.07, 6.45) is 4.28. The topological polar surface area (TPSA) is 47.6 Å². The minimum atomic E-state index is -0.0766. The van der Waals surface area contributed by atoms with Gasteiger partial charge in [-0.3, -0.25) is 4.79 Å². The zero-order valence-electron chi connectivity index (χ0n) is 12.3. The first-order valence-electron chi connectivity index (χ1n) is 7.89. The van der Waals surface area contributed by atoms with Gasteiger partial charge in [-0.25, -0.2) is 0 Å². The van der Waals surface area contributed by atoms with Crippen LogP contribution in [-0.2, 0) is 16.0 Å². The van der Waals surface area contributed by atoms with Crippen LogP contribution in [0, 0.1) is 11.8 Å². The van der Waals surface area contributed by atoms with Gasteiger partial charge in [-0.2, -0.15) is 0 Å². The van der Waals surface area contributed by atoms with Gasteiger partial charge in [0.2, 0.25) is 5.91 Å². The van der Waals surface area contributed by atoms with Crippen molar-refractivity contribution in [3.63, 3.8) is 0 Å². The smallest absolute Gasteiger partial charge is 0.226 e. The molecular weight excluding hydrogens is 266 g/mol. The van der Waals surface area contributed by atoms with Gasteiger partial charge >= 0.3 is 0 Å². The van der Waals surface area contributed by atoms with Crippen LogP contribution in [0.15, 0.2) is 24.3 Å². The zero-order chi connectivity index (χ0) is 14.5. The van der Waals surface area contributed by atoms with E-state index in [2.05, 4.69) is 5.32 Å². The average Bonchev–Trinajstić information content (AvgIpc) is 3.34. The number of carbonyl (C=O) groups is 1. The van der Waals surface area contributed by atoms with Crippen molar-refractivity contribution in [1.29, 1.82) is 0 Å². The number of nitrogens with one attached hydrogen (secondary N) is 1. The molecule has 1 aromatic carbocycles. The highest BCUT2D eigenvalue weighted by molar-refractivity contribution is 5.79. The fourth-order valence-corrected chi connectivity index (χ4v) is 2.56. The highest BCUT2D eigenvalue weighted by Gasteiger charge is 2.25. The normalized spacial score (nSPS) is 20.5. The van der Waals surface area contributed by atoms with Crippen molar-refractivity contribution in [1.82, 2.24) is 5.32 Å². The molecule has 21 heavy (non-hydrogen) atoms. The number of rotatable bonds is 7. The van der Waals surface area contributed by atoms with E-state index in [1.165, 1.54) is 12.8 Å². The van der Waals surface area contributed by atoms with Crippen molar-refractivity contribution < 1.29 is 14.3 Å². The standard InChI is InChI=1S/C17H23NO3/c19-17(18-8-3-9-20-11-13-6-7-13)15-10-14-4-1-2-5-16(14)21-12-15/h1-2,4-5,13,15H,3,6-12H2,(H,18,19). The second-order valence-corrected chi connectivity index (χ2v) is 5.98. The second-order valence-electron chi connectivity index (χ2n) is 5.98. The molecule has 0 spiro atoms. The molecule has 0 bridgehead atoms. The van der Waals surface area contributed by atoms with Crippen LogP contribution in [0.5, 0.6) is 5.75 Å². The fourth-order valence-electron chi connectivity index (χ4n) is 2.56. The van der Waals surface area contributed by atoms with Crippen molar-refractivity contribution in [3.8, 4) is 5.75 Å². The molecule has 0 saturated heterocycles. The van der Waals surface area contributed by atoms with Crippen molar-refractivity contribution in [2.45, 2.75) is 25.7 Å². The summed E-state index contributed by atoms with van der Waals surface area (Å²) < 4.78 is 11.2. The van der Waals surface area contributed by atoms with Crippen LogP contribution in [0.25, 0.3) is 0 Å². The monoisotopic (exact) mass is 289 g/mol. The van der Waals surface area contributed by atoms with Crippen molar-refractivity contribution in [3.05, 3.63) is 29.8 Å². The highest BCUT2D eigenvalue weighted by atomic mass is 16.5. The van der Waals surface area contributed by atoms with Crippen LogP contribution in [0.2, 0.25) is 0 Å². The van der Waals surface area contributed by atoms with E-state index in [0.717, 1.165) is 43.3 Å². The predicted octanol–water partition coefficient (Wildman–Crippen LogP) is 2.17. The maximum absolute atomic E-state index is 12.1. The maximum Gasteiger partial charge on any atom is 0.226 e. The Morgan fingerprint density at radius 2 is 2.19 bits per heavy atom. The molecule has 1 atom stereocenters. The van der Waals surface area contributed by atoms with E-state index in [0.29, 0.717) is 13.2 Å². The molecule has 1 fully saturated rings. The van der Waals surface area contributed by atoms with Gasteiger partial charge < -0.3 is 14.8 Å². The van der Waals surface area contributed by atoms with Crippen molar-refractivity contribution in [2.24, 2.45) is 11.8 Å². The summed E-state index contributed by atoms with van der Waals surface area (Å²) in [4.78, 5) is 12.1. The minimum Gasteiger partial charge on any atom is -0.492 e. The SMILES string of the molecule is O=C(NCCCOCC1CC1)C1COc2ccccc2C1. The Hall–Kier alpha value is -1.55. The summed E-state index contributed by atoms with van der Waals surface area (Å²) in [5, 5.41) is 2.99. The Labute approximate surface area is 125 Å². The molecule has 2 aliphatic rings. The van der Waals surface area contributed by atoms with Gasteiger partial charge in [0, 0.05) is 19.8 Å². The lowest BCUT2D eigenvalue weighted by atomic mass is 9.96. The third-order valence-corrected chi connectivity index (χ3v) is 4.06. The molecule has 1 unspecified atom stereocenters. The maximum atomic E-state index is 12.1. The largest absolute Gasteiger partial charge is 0.492 e. The minimum absolute atomic E-state index is 0.0766. The number of ether oxygens (including phenoxy) is 2. The molecule has 1 N–H and O–H groups in total. The molecule has 1 amide bonds. The van der Waals surface area contributed by atoms with Crippen molar-refractivity contribution >= 4 is 5.91 Å². The van der Waals surface area contributed by atoms with E-state index >= 15 is 0 Å². The van der Waals surface area contributed by atoms with E-state index in [1.54, 1.807) is 0 Å². The molecule has 1 saturated carbocycles. The first-order chi connectivity index (χ1) is 10.3. The third kappa shape index (κ3) is 4.21. The first-order valence-corrected chi connectivity index (χ1v) is 7.89. The average molecular weight is 289 g/mol. The van der Waals surface area contributed by atoms with E-state index in [4.69, 9.17) is 9.47 Å². The number of hydrogen-bond acceptors (Lipinski definition) is 3. The van der Waals surface area contributed by atoms with E-state index in [9.17, 15) is 4.79 Å². The van der Waals surface area contributed by atoms with E-state index < -0.39 is 0 Å². The molecule has 4 heteroatoms. The van der Waals surface area contributed by atoms with E-state index in [1.807, 2.05) is 24.3 Å². The number of hydrogen-bond donors (Lipinski definition) is 1. The summed E-state index contributed by atoms with van der Waals surface area (Å²) in [7, 11) is 0. The van der Waals surface area contributed by atoms with Gasteiger partial charge in [0.25, 0.3) is 0 Å². The second kappa shape index (κ2) is 6.94. The van der Waals surface area contributed by atoms with Crippen LogP contribution in [0.1, 0.15) is 24.8 Å². The molecule has 0 aromatic heterocycles. The predicted molar refractivity (Wildman–Crippen MR) is 80.3 cm³/mol. The van der Waals surface area contributed by atoms with Crippen LogP contribution in [0.4, 0.5) is 0 Å². The fraction of sp³-hybridized carbons (Fsp3) is 0.588. The van der Waals surface area contributed by atoms with Gasteiger partial charge in [-0.15, -0.1) is 0 Å². The molecule has 4 nitrogen and oxygen atoms in total. The molecule has 3 rings (SSSR count). The molecule has 0 radical (unpaired) electrons. The highest BCUT2D eigenvalue weighted by Crippen LogP contribution is 2.28. The summed E-state index contributed by atoms with van der Waals surface area (Å²) in [5.74, 6) is 1.73. The van der Waals surface area contributed by atoms with Crippen LogP contribution >= 0.6 is 0 Å². The molecule has 1 heterocycles. The Morgan fingerprint density at radius 3 is 3.05 bits per heavy atom. The molecule has 114 valence electrons. The summed E-state index contributed by atoms with van der Waals surface area (Å²) in [6.45, 7) is 2.78. The molecular formula is C17H23NO3. The van der Waals surface area contributed by atoms with Gasteiger partial charge in [0.05, 0.1) is 5.92 Å². The lowest BCUT2D eigenvalue weighted by molar-refractivity contribution is -0.126. The number of benzene rings is 1. The quantitative estimate of drug-likeness (QED) is 0.783. The Balaban J connectivity index is 1.34. The number of amides is 1. The summed E-state index contributed by atoms with van der Waals surface area (Å²) in [6, 6.07) is 7.93. The lowest BCUT2D eigenvalue weighted by Gasteiger charge is -2.24. The third-order valence-electron chi connectivity index (χ3n) is 4.06. The number of para-hydroxylation sites is 1. The van der Waals surface area contributed by atoms with Gasteiger partial charge in [0.1, 0.15) is 12.4 Å². The zero-order valence-corrected chi connectivity index (χ0v) is 12.3. The van der Waals surface area contributed by atoms with E-state index in [-0.39, 0.29) is 11.8 Å². The van der Waals surface area contributed by atoms with Gasteiger partial charge in [-0.05, 0) is 43.2 Å². The number of fused-ring (bicyclic) bond motifs is 1. The summed E-state index contributed by atoms with van der Waals surface area (Å²) >= 11 is 0. The first kappa shape index (κ1) is 14.4. The van der Waals surface area contributed by atoms with Crippen LogP contribution < -0.4 is 10.1 Å². The van der Waals surface area contributed by atoms with Gasteiger partial charge in [0.15, 0.2) is 0 Å². The van der Waals surface area contributed by atoms with Crippen molar-refractivity contribution in [2.75, 3.05) is 26.4 Å². The molecule has 1 aliphatic carbocycles. The molecule has 1 aromatic rings. The Kier molecular flexibility index (Phi) is 4.76.